The van der Waals surface area contributed by atoms with Gasteiger partial charge in [0.2, 0.25) is 5.91 Å². The van der Waals surface area contributed by atoms with Crippen molar-refractivity contribution in [2.24, 2.45) is 7.05 Å². The van der Waals surface area contributed by atoms with Crippen LogP contribution in [0.15, 0.2) is 72.9 Å². The van der Waals surface area contributed by atoms with Crippen LogP contribution in [0.2, 0.25) is 0 Å². The summed E-state index contributed by atoms with van der Waals surface area (Å²) in [7, 11) is 1.68. The monoisotopic (exact) mass is 538 g/mol. The fourth-order valence-electron chi connectivity index (χ4n) is 4.78. The number of alkyl halides is 2. The van der Waals surface area contributed by atoms with E-state index in [-0.39, 0.29) is 13.0 Å². The van der Waals surface area contributed by atoms with Crippen LogP contribution in [0.25, 0.3) is 0 Å². The highest BCUT2D eigenvalue weighted by Gasteiger charge is 2.51. The number of nitrogens with zero attached hydrogens (tertiary/aromatic N) is 2. The highest BCUT2D eigenvalue weighted by molar-refractivity contribution is 5.94. The van der Waals surface area contributed by atoms with Gasteiger partial charge >= 0.3 is 0 Å². The molecule has 3 unspecified atom stereocenters. The first-order chi connectivity index (χ1) is 18.6. The van der Waals surface area contributed by atoms with Gasteiger partial charge in [-0.05, 0) is 42.2 Å². The van der Waals surface area contributed by atoms with E-state index in [4.69, 9.17) is 0 Å². The van der Waals surface area contributed by atoms with Crippen molar-refractivity contribution in [1.29, 1.82) is 0 Å². The lowest BCUT2D eigenvalue weighted by molar-refractivity contribution is -0.147. The Morgan fingerprint density at radius 1 is 1.05 bits per heavy atom. The Hall–Kier alpha value is -4.05. The predicted molar refractivity (Wildman–Crippen MR) is 141 cm³/mol. The van der Waals surface area contributed by atoms with Crippen LogP contribution in [0.1, 0.15) is 33.6 Å². The van der Waals surface area contributed by atoms with E-state index in [1.54, 1.807) is 66.3 Å². The first-order valence-electron chi connectivity index (χ1n) is 12.7. The molecule has 1 fully saturated rings. The Kier molecular flexibility index (Phi) is 8.44. The number of carbonyl (C=O) groups is 3. The quantitative estimate of drug-likeness (QED) is 0.390. The highest BCUT2D eigenvalue weighted by Crippen LogP contribution is 2.33. The maximum absolute atomic E-state index is 14.5. The van der Waals surface area contributed by atoms with Gasteiger partial charge in [-0.25, -0.2) is 8.78 Å². The predicted octanol–water partition coefficient (Wildman–Crippen LogP) is 2.59. The first-order valence-corrected chi connectivity index (χ1v) is 12.7. The van der Waals surface area contributed by atoms with E-state index in [1.807, 2.05) is 25.1 Å². The van der Waals surface area contributed by atoms with Gasteiger partial charge in [0.05, 0.1) is 12.6 Å². The van der Waals surface area contributed by atoms with E-state index in [2.05, 4.69) is 10.6 Å². The number of rotatable bonds is 9. The minimum absolute atomic E-state index is 0.0677. The molecule has 0 spiro atoms. The second kappa shape index (κ2) is 11.8. The van der Waals surface area contributed by atoms with Crippen LogP contribution < -0.4 is 10.6 Å². The normalized spacial score (nSPS) is 17.9. The molecule has 1 aliphatic rings. The number of hydrogen-bond acceptors (Lipinski definition) is 4. The number of amides is 3. The fourth-order valence-corrected chi connectivity index (χ4v) is 4.78. The number of halogens is 2. The average molecular weight is 539 g/mol. The number of nitrogens with one attached hydrogen (secondary N) is 2. The minimum atomic E-state index is -3.30. The van der Waals surface area contributed by atoms with Crippen molar-refractivity contribution in [3.63, 3.8) is 0 Å². The summed E-state index contributed by atoms with van der Waals surface area (Å²) in [5.41, 5.74) is 2.77. The molecule has 4 rings (SSSR count). The highest BCUT2D eigenvalue weighted by atomic mass is 19.3. The third-order valence-corrected chi connectivity index (χ3v) is 7.00. The van der Waals surface area contributed by atoms with Crippen molar-refractivity contribution in [2.75, 3.05) is 6.54 Å². The minimum Gasteiger partial charge on any atom is -0.381 e. The van der Waals surface area contributed by atoms with Crippen molar-refractivity contribution < 1.29 is 28.3 Å². The topological polar surface area (TPSA) is 104 Å². The lowest BCUT2D eigenvalue weighted by atomic mass is 9.99. The van der Waals surface area contributed by atoms with Crippen molar-refractivity contribution >= 4 is 17.7 Å². The van der Waals surface area contributed by atoms with Gasteiger partial charge in [-0.1, -0.05) is 54.6 Å². The molecule has 3 N–H and O–H groups in total. The SMILES string of the molecule is Cc1ccccc1CNC(=O)C1CC(F)(F)CN1C(=O)C(O)C(Cc1ccccc1)NC(=O)c1cccn1C. The second-order valence-electron chi connectivity index (χ2n) is 9.91. The van der Waals surface area contributed by atoms with Crippen molar-refractivity contribution in [1.82, 2.24) is 20.1 Å². The van der Waals surface area contributed by atoms with Crippen LogP contribution in [0.5, 0.6) is 0 Å². The van der Waals surface area contributed by atoms with Gasteiger partial charge < -0.3 is 25.2 Å². The van der Waals surface area contributed by atoms with E-state index in [0.29, 0.717) is 5.69 Å². The molecule has 0 bridgehead atoms. The summed E-state index contributed by atoms with van der Waals surface area (Å²) in [6.07, 6.45) is -0.979. The van der Waals surface area contributed by atoms with E-state index in [1.165, 1.54) is 0 Å². The molecule has 3 atom stereocenters. The molecule has 0 aliphatic carbocycles. The Morgan fingerprint density at radius 2 is 1.74 bits per heavy atom. The Morgan fingerprint density at radius 3 is 2.41 bits per heavy atom. The molecule has 10 heteroatoms. The van der Waals surface area contributed by atoms with Gasteiger partial charge in [-0.15, -0.1) is 0 Å². The summed E-state index contributed by atoms with van der Waals surface area (Å²) in [5.74, 6) is -5.62. The van der Waals surface area contributed by atoms with Gasteiger partial charge in [-0.3, -0.25) is 14.4 Å². The van der Waals surface area contributed by atoms with Crippen molar-refractivity contribution in [3.05, 3.63) is 95.3 Å². The Bertz CT molecular complexity index is 1330. The van der Waals surface area contributed by atoms with Crippen LogP contribution in [-0.2, 0) is 29.6 Å². The van der Waals surface area contributed by atoms with E-state index in [9.17, 15) is 28.3 Å². The molecule has 206 valence electrons. The zero-order valence-corrected chi connectivity index (χ0v) is 21.8. The van der Waals surface area contributed by atoms with Crippen LogP contribution >= 0.6 is 0 Å². The summed E-state index contributed by atoms with van der Waals surface area (Å²) in [6, 6.07) is 16.9. The van der Waals surface area contributed by atoms with Crippen molar-refractivity contribution in [3.8, 4) is 0 Å². The number of benzene rings is 2. The largest absolute Gasteiger partial charge is 0.381 e. The van der Waals surface area contributed by atoms with E-state index in [0.717, 1.165) is 21.6 Å². The summed E-state index contributed by atoms with van der Waals surface area (Å²) >= 11 is 0. The Labute approximate surface area is 225 Å². The van der Waals surface area contributed by atoms with Gasteiger partial charge in [0, 0.05) is 26.2 Å². The number of hydrogen-bond donors (Lipinski definition) is 3. The summed E-state index contributed by atoms with van der Waals surface area (Å²) in [4.78, 5) is 40.1. The maximum atomic E-state index is 14.5. The molecular formula is C29H32F2N4O4. The van der Waals surface area contributed by atoms with Crippen LogP contribution in [0.4, 0.5) is 8.78 Å². The first kappa shape index (κ1) is 28.0. The summed E-state index contributed by atoms with van der Waals surface area (Å²) < 4.78 is 30.6. The van der Waals surface area contributed by atoms with Crippen molar-refractivity contribution in [2.45, 2.75) is 50.4 Å². The molecule has 0 radical (unpaired) electrons. The van der Waals surface area contributed by atoms with Gasteiger partial charge in [0.1, 0.15) is 11.7 Å². The van der Waals surface area contributed by atoms with Gasteiger partial charge in [-0.2, -0.15) is 0 Å². The molecule has 3 amide bonds. The average Bonchev–Trinajstić information content (AvgIpc) is 3.49. The number of carbonyl (C=O) groups excluding carboxylic acids is 3. The van der Waals surface area contributed by atoms with Crippen LogP contribution in [0.3, 0.4) is 0 Å². The molecular weight excluding hydrogens is 506 g/mol. The number of aliphatic hydroxyl groups is 1. The molecule has 1 saturated heterocycles. The second-order valence-corrected chi connectivity index (χ2v) is 9.91. The van der Waals surface area contributed by atoms with Gasteiger partial charge in [0.25, 0.3) is 17.7 Å². The molecule has 8 nitrogen and oxygen atoms in total. The number of aryl methyl sites for hydroxylation is 2. The molecule has 2 heterocycles. The molecule has 3 aromatic rings. The van der Waals surface area contributed by atoms with E-state index < -0.39 is 54.8 Å². The van der Waals surface area contributed by atoms with Gasteiger partial charge in [0.15, 0.2) is 6.10 Å². The summed E-state index contributed by atoms with van der Waals surface area (Å²) in [6.45, 7) is 0.977. The molecule has 1 aliphatic heterocycles. The molecule has 39 heavy (non-hydrogen) atoms. The van der Waals surface area contributed by atoms with Crippen LogP contribution in [0, 0.1) is 6.92 Å². The van der Waals surface area contributed by atoms with Crippen LogP contribution in [-0.4, -0.2) is 63.0 Å². The lowest BCUT2D eigenvalue weighted by Gasteiger charge is -2.30. The zero-order valence-electron chi connectivity index (χ0n) is 21.8. The third-order valence-electron chi connectivity index (χ3n) is 7.00. The Balaban J connectivity index is 1.53. The molecule has 2 aromatic carbocycles. The fraction of sp³-hybridized carbons (Fsp3) is 0.345. The number of aromatic nitrogens is 1. The smallest absolute Gasteiger partial charge is 0.268 e. The molecule has 0 saturated carbocycles. The van der Waals surface area contributed by atoms with E-state index >= 15 is 0 Å². The zero-order chi connectivity index (χ0) is 28.2. The standard InChI is InChI=1S/C29H32F2N4O4/c1-19-9-6-7-12-21(19)17-32-26(37)24-16-29(30,31)18-35(24)28(39)25(36)22(15-20-10-4-3-5-11-20)33-27(38)23-13-8-14-34(23)2/h3-14,22,24-25,36H,15-18H2,1-2H3,(H,32,37)(H,33,38). The number of aliphatic hydroxyl groups excluding tert-OH is 1. The lowest BCUT2D eigenvalue weighted by Crippen LogP contribution is -2.56. The summed E-state index contributed by atoms with van der Waals surface area (Å²) in [5, 5.41) is 16.5. The number of likely N-dealkylation sites (tertiary alicyclic amines) is 1. The molecule has 1 aromatic heterocycles. The third kappa shape index (κ3) is 6.69. The maximum Gasteiger partial charge on any atom is 0.268 e.